The summed E-state index contributed by atoms with van der Waals surface area (Å²) in [7, 11) is 3.80. The minimum Gasteiger partial charge on any atom is -0.238 e. The molecule has 3 heteroatoms. The number of rotatable bonds is 2. The molecular formula is C9H19NS2. The average Bonchev–Trinajstić information content (AvgIpc) is 2.05. The van der Waals surface area contributed by atoms with Crippen LogP contribution < -0.4 is 0 Å². The van der Waals surface area contributed by atoms with E-state index in [4.69, 9.17) is 0 Å². The summed E-state index contributed by atoms with van der Waals surface area (Å²) >= 11 is 0. The van der Waals surface area contributed by atoms with Gasteiger partial charge in [0.05, 0.1) is 0 Å². The summed E-state index contributed by atoms with van der Waals surface area (Å²) in [6.45, 7) is 3.64. The maximum atomic E-state index is 2.55. The standard InChI is InChI=1S/C9H19NS2/c1-9-7-5-3-4-6-8-10(9)12-11-2/h9H,3-8H2,1-2H3. The van der Waals surface area contributed by atoms with Gasteiger partial charge in [-0.1, -0.05) is 30.1 Å². The summed E-state index contributed by atoms with van der Waals surface area (Å²) in [5.74, 6) is 0. The maximum Gasteiger partial charge on any atom is 0.0182 e. The Labute approximate surface area is 84.2 Å². The molecule has 1 unspecified atom stereocenters. The molecular weight excluding hydrogens is 186 g/mol. The second-order valence-corrected chi connectivity index (χ2v) is 5.83. The molecule has 72 valence electrons. The van der Waals surface area contributed by atoms with Crippen molar-refractivity contribution in [2.75, 3.05) is 12.8 Å². The van der Waals surface area contributed by atoms with Crippen LogP contribution in [0.1, 0.15) is 39.0 Å². The van der Waals surface area contributed by atoms with Crippen LogP contribution in [-0.2, 0) is 0 Å². The zero-order valence-corrected chi connectivity index (χ0v) is 9.72. The van der Waals surface area contributed by atoms with Crippen LogP contribution in [-0.4, -0.2) is 23.1 Å². The van der Waals surface area contributed by atoms with Crippen LogP contribution in [0.25, 0.3) is 0 Å². The van der Waals surface area contributed by atoms with Gasteiger partial charge >= 0.3 is 0 Å². The molecule has 1 fully saturated rings. The van der Waals surface area contributed by atoms with E-state index in [9.17, 15) is 0 Å². The molecule has 0 spiro atoms. The number of nitrogens with zero attached hydrogens (tertiary/aromatic N) is 1. The second-order valence-electron chi connectivity index (χ2n) is 3.43. The van der Waals surface area contributed by atoms with Gasteiger partial charge in [-0.05, 0) is 37.0 Å². The van der Waals surface area contributed by atoms with E-state index in [1.54, 1.807) is 0 Å². The largest absolute Gasteiger partial charge is 0.238 e. The van der Waals surface area contributed by atoms with Crippen LogP contribution >= 0.6 is 21.8 Å². The highest BCUT2D eigenvalue weighted by Gasteiger charge is 2.15. The van der Waals surface area contributed by atoms with Crippen molar-refractivity contribution in [3.63, 3.8) is 0 Å². The molecule has 0 amide bonds. The van der Waals surface area contributed by atoms with E-state index in [-0.39, 0.29) is 0 Å². The van der Waals surface area contributed by atoms with Gasteiger partial charge in [0.1, 0.15) is 0 Å². The lowest BCUT2D eigenvalue weighted by Gasteiger charge is -2.28. The minimum absolute atomic E-state index is 0.780. The van der Waals surface area contributed by atoms with E-state index >= 15 is 0 Å². The van der Waals surface area contributed by atoms with Crippen molar-refractivity contribution in [1.29, 1.82) is 0 Å². The van der Waals surface area contributed by atoms with Crippen molar-refractivity contribution in [3.8, 4) is 0 Å². The monoisotopic (exact) mass is 205 g/mol. The smallest absolute Gasteiger partial charge is 0.0182 e. The molecule has 0 N–H and O–H groups in total. The lowest BCUT2D eigenvalue weighted by atomic mass is 10.1. The highest BCUT2D eigenvalue weighted by Crippen LogP contribution is 2.29. The van der Waals surface area contributed by atoms with Gasteiger partial charge in [-0.2, -0.15) is 0 Å². The molecule has 0 radical (unpaired) electrons. The zero-order chi connectivity index (χ0) is 8.81. The minimum atomic E-state index is 0.780. The van der Waals surface area contributed by atoms with Gasteiger partial charge in [0.2, 0.25) is 0 Å². The Morgan fingerprint density at radius 2 is 1.92 bits per heavy atom. The molecule has 1 atom stereocenters. The van der Waals surface area contributed by atoms with E-state index in [0.29, 0.717) is 0 Å². The van der Waals surface area contributed by atoms with Crippen molar-refractivity contribution in [2.45, 2.75) is 45.1 Å². The molecule has 0 bridgehead atoms. The van der Waals surface area contributed by atoms with Gasteiger partial charge < -0.3 is 0 Å². The van der Waals surface area contributed by atoms with Gasteiger partial charge in [0.25, 0.3) is 0 Å². The Morgan fingerprint density at radius 1 is 1.17 bits per heavy atom. The number of hydrogen-bond acceptors (Lipinski definition) is 3. The highest BCUT2D eigenvalue weighted by molar-refractivity contribution is 8.75. The Kier molecular flexibility index (Phi) is 5.52. The maximum absolute atomic E-state index is 2.55. The van der Waals surface area contributed by atoms with Crippen LogP contribution in [0.2, 0.25) is 0 Å². The summed E-state index contributed by atoms with van der Waals surface area (Å²) in [4.78, 5) is 0. The van der Waals surface area contributed by atoms with Crippen LogP contribution in [0.15, 0.2) is 0 Å². The molecule has 1 aliphatic rings. The molecule has 1 aliphatic heterocycles. The topological polar surface area (TPSA) is 3.24 Å². The molecule has 1 nitrogen and oxygen atoms in total. The van der Waals surface area contributed by atoms with Gasteiger partial charge in [-0.25, -0.2) is 4.31 Å². The van der Waals surface area contributed by atoms with Gasteiger partial charge in [0, 0.05) is 12.6 Å². The average molecular weight is 205 g/mol. The Hall–Kier alpha value is 0.660. The molecule has 12 heavy (non-hydrogen) atoms. The quantitative estimate of drug-likeness (QED) is 0.501. The highest BCUT2D eigenvalue weighted by atomic mass is 33.1. The van der Waals surface area contributed by atoms with Crippen LogP contribution in [0.4, 0.5) is 0 Å². The first-order chi connectivity index (χ1) is 5.84. The van der Waals surface area contributed by atoms with E-state index in [0.717, 1.165) is 6.04 Å². The third-order valence-corrected chi connectivity index (χ3v) is 4.32. The van der Waals surface area contributed by atoms with Gasteiger partial charge in [-0.3, -0.25) is 0 Å². The van der Waals surface area contributed by atoms with Crippen molar-refractivity contribution in [2.24, 2.45) is 0 Å². The molecule has 0 aromatic carbocycles. The predicted molar refractivity (Wildman–Crippen MR) is 60.4 cm³/mol. The van der Waals surface area contributed by atoms with Crippen molar-refractivity contribution in [1.82, 2.24) is 4.31 Å². The van der Waals surface area contributed by atoms with Crippen LogP contribution in [0, 0.1) is 0 Å². The molecule has 0 aromatic heterocycles. The summed E-state index contributed by atoms with van der Waals surface area (Å²) < 4.78 is 2.55. The molecule has 0 aromatic rings. The van der Waals surface area contributed by atoms with Crippen LogP contribution in [0.5, 0.6) is 0 Å². The van der Waals surface area contributed by atoms with Crippen LogP contribution in [0.3, 0.4) is 0 Å². The lowest BCUT2D eigenvalue weighted by molar-refractivity contribution is 0.318. The molecule has 0 saturated carbocycles. The molecule has 1 saturated heterocycles. The van der Waals surface area contributed by atoms with E-state index in [1.165, 1.54) is 38.6 Å². The SMILES string of the molecule is CSSN1CCCCCCC1C. The van der Waals surface area contributed by atoms with E-state index in [1.807, 2.05) is 21.8 Å². The predicted octanol–water partition coefficient (Wildman–Crippen LogP) is 3.57. The summed E-state index contributed by atoms with van der Waals surface area (Å²) in [6, 6.07) is 0.780. The third kappa shape index (κ3) is 3.58. The molecule has 0 aliphatic carbocycles. The first kappa shape index (κ1) is 10.7. The third-order valence-electron chi connectivity index (χ3n) is 2.41. The summed E-state index contributed by atoms with van der Waals surface area (Å²) in [6.07, 6.45) is 9.23. The fraction of sp³-hybridized carbons (Fsp3) is 1.00. The normalized spacial score (nSPS) is 28.0. The first-order valence-corrected chi connectivity index (χ1v) is 7.33. The molecule has 1 rings (SSSR count). The fourth-order valence-corrected chi connectivity index (χ4v) is 3.52. The van der Waals surface area contributed by atoms with Gasteiger partial charge in [-0.15, -0.1) is 0 Å². The lowest BCUT2D eigenvalue weighted by Crippen LogP contribution is -2.28. The zero-order valence-electron chi connectivity index (χ0n) is 8.08. The fourth-order valence-electron chi connectivity index (χ4n) is 1.63. The van der Waals surface area contributed by atoms with Crippen molar-refractivity contribution >= 4 is 21.8 Å². The van der Waals surface area contributed by atoms with E-state index in [2.05, 4.69) is 17.5 Å². The molecule has 1 heterocycles. The Morgan fingerprint density at radius 3 is 2.67 bits per heavy atom. The van der Waals surface area contributed by atoms with E-state index < -0.39 is 0 Å². The Bertz CT molecular complexity index is 119. The number of hydrogen-bond donors (Lipinski definition) is 0. The van der Waals surface area contributed by atoms with Crippen molar-refractivity contribution < 1.29 is 0 Å². The summed E-state index contributed by atoms with van der Waals surface area (Å²) in [5.41, 5.74) is 0. The first-order valence-electron chi connectivity index (χ1n) is 4.82. The van der Waals surface area contributed by atoms with Crippen molar-refractivity contribution in [3.05, 3.63) is 0 Å². The summed E-state index contributed by atoms with van der Waals surface area (Å²) in [5, 5.41) is 0. The second kappa shape index (κ2) is 6.17. The van der Waals surface area contributed by atoms with Gasteiger partial charge in [0.15, 0.2) is 0 Å². The Balaban J connectivity index is 2.32.